The van der Waals surface area contributed by atoms with Crippen LogP contribution in [0.4, 0.5) is 4.79 Å². The highest BCUT2D eigenvalue weighted by molar-refractivity contribution is 7.89. The van der Waals surface area contributed by atoms with Gasteiger partial charge in [-0.25, -0.2) is 22.9 Å². The van der Waals surface area contributed by atoms with Crippen LogP contribution in [0.2, 0.25) is 5.02 Å². The second kappa shape index (κ2) is 11.8. The molecule has 9 nitrogen and oxygen atoms in total. The van der Waals surface area contributed by atoms with Gasteiger partial charge in [0.2, 0.25) is 15.9 Å². The van der Waals surface area contributed by atoms with E-state index < -0.39 is 21.7 Å². The van der Waals surface area contributed by atoms with Crippen molar-refractivity contribution in [1.82, 2.24) is 19.5 Å². The van der Waals surface area contributed by atoms with E-state index in [0.717, 1.165) is 5.56 Å². The number of sulfonamides is 1. The molecule has 11 heteroatoms. The minimum Gasteiger partial charge on any atom is -0.475 e. The van der Waals surface area contributed by atoms with Crippen LogP contribution >= 0.6 is 11.6 Å². The molecule has 2 heterocycles. The molecule has 1 aromatic carbocycles. The van der Waals surface area contributed by atoms with Crippen LogP contribution in [0.3, 0.4) is 0 Å². The van der Waals surface area contributed by atoms with Gasteiger partial charge in [-0.1, -0.05) is 23.7 Å². The summed E-state index contributed by atoms with van der Waals surface area (Å²) in [6, 6.07) is 9.57. The number of rotatable bonds is 8. The fraction of sp³-hybridized carbons (Fsp3) is 0.520. The Morgan fingerprint density at radius 2 is 1.72 bits per heavy atom. The van der Waals surface area contributed by atoms with Crippen molar-refractivity contribution in [3.05, 3.63) is 53.2 Å². The number of carbonyl (C=O) groups excluding carboxylic acids is 1. The number of hydrogen-bond donors (Lipinski definition) is 1. The number of hydrogen-bond acceptors (Lipinski definition) is 7. The fourth-order valence-corrected chi connectivity index (χ4v) is 4.98. The Morgan fingerprint density at radius 3 is 2.25 bits per heavy atom. The summed E-state index contributed by atoms with van der Waals surface area (Å²) in [6.45, 7) is 11.9. The first-order chi connectivity index (χ1) is 16.8. The van der Waals surface area contributed by atoms with Gasteiger partial charge >= 0.3 is 6.09 Å². The second-order valence-electron chi connectivity index (χ2n) is 9.99. The van der Waals surface area contributed by atoms with Gasteiger partial charge in [0.1, 0.15) is 10.5 Å². The number of benzene rings is 1. The van der Waals surface area contributed by atoms with Crippen LogP contribution in [0.1, 0.15) is 46.2 Å². The molecule has 1 aliphatic rings. The van der Waals surface area contributed by atoms with E-state index in [1.165, 1.54) is 12.3 Å². The van der Waals surface area contributed by atoms with Crippen molar-refractivity contribution in [2.75, 3.05) is 32.7 Å². The molecule has 36 heavy (non-hydrogen) atoms. The van der Waals surface area contributed by atoms with E-state index in [4.69, 9.17) is 21.1 Å². The molecule has 1 aliphatic heterocycles. The molecule has 0 radical (unpaired) electrons. The lowest BCUT2D eigenvalue weighted by atomic mass is 10.1. The summed E-state index contributed by atoms with van der Waals surface area (Å²) >= 11 is 6.06. The van der Waals surface area contributed by atoms with Crippen LogP contribution in [0, 0.1) is 0 Å². The standard InChI is InChI=1S/C25H35ClN4O5S/c1-18(2)34-23-11-10-21(16-27-23)36(32,33)28-22(19-6-8-20(26)9-7-19)17-29-12-14-30(15-13-29)24(31)35-25(3,4)5/h6-11,16,18,22,28H,12-15,17H2,1-5H3. The van der Waals surface area contributed by atoms with Crippen molar-refractivity contribution in [2.24, 2.45) is 0 Å². The number of aromatic nitrogens is 1. The maximum absolute atomic E-state index is 13.2. The number of piperazine rings is 1. The summed E-state index contributed by atoms with van der Waals surface area (Å²) in [5, 5.41) is 0.566. The highest BCUT2D eigenvalue weighted by Gasteiger charge is 2.29. The van der Waals surface area contributed by atoms with Gasteiger partial charge in [0.15, 0.2) is 0 Å². The minimum absolute atomic E-state index is 0.0484. The summed E-state index contributed by atoms with van der Waals surface area (Å²) in [5.41, 5.74) is 0.227. The number of amides is 1. The molecule has 1 saturated heterocycles. The van der Waals surface area contributed by atoms with Crippen LogP contribution in [0.5, 0.6) is 5.88 Å². The highest BCUT2D eigenvalue weighted by Crippen LogP contribution is 2.22. The molecule has 1 atom stereocenters. The zero-order valence-electron chi connectivity index (χ0n) is 21.4. The lowest BCUT2D eigenvalue weighted by Gasteiger charge is -2.37. The summed E-state index contributed by atoms with van der Waals surface area (Å²) in [4.78, 5) is 20.4. The molecule has 0 bridgehead atoms. The Hall–Kier alpha value is -2.40. The summed E-state index contributed by atoms with van der Waals surface area (Å²) in [7, 11) is -3.87. The van der Waals surface area contributed by atoms with Crippen LogP contribution in [-0.2, 0) is 14.8 Å². The maximum atomic E-state index is 13.2. The van der Waals surface area contributed by atoms with E-state index in [-0.39, 0.29) is 17.1 Å². The molecule has 2 aromatic rings. The Balaban J connectivity index is 1.72. The Bertz CT molecular complexity index is 1110. The first-order valence-electron chi connectivity index (χ1n) is 11.9. The summed E-state index contributed by atoms with van der Waals surface area (Å²) in [6.07, 6.45) is 0.885. The molecule has 0 aliphatic carbocycles. The van der Waals surface area contributed by atoms with Gasteiger partial charge in [-0.3, -0.25) is 4.90 Å². The normalized spacial score (nSPS) is 16.1. The number of halogens is 1. The summed E-state index contributed by atoms with van der Waals surface area (Å²) < 4.78 is 40.3. The molecule has 198 valence electrons. The Labute approximate surface area is 218 Å². The van der Waals surface area contributed by atoms with E-state index in [1.54, 1.807) is 23.1 Å². The van der Waals surface area contributed by atoms with Crippen molar-refractivity contribution >= 4 is 27.7 Å². The summed E-state index contributed by atoms with van der Waals surface area (Å²) in [5.74, 6) is 0.362. The zero-order chi connectivity index (χ0) is 26.5. The van der Waals surface area contributed by atoms with Crippen molar-refractivity contribution in [1.29, 1.82) is 0 Å². The molecule has 1 aromatic heterocycles. The third-order valence-electron chi connectivity index (χ3n) is 5.41. The average molecular weight is 539 g/mol. The third kappa shape index (κ3) is 8.33. The van der Waals surface area contributed by atoms with Crippen LogP contribution < -0.4 is 9.46 Å². The lowest BCUT2D eigenvalue weighted by Crippen LogP contribution is -2.51. The molecule has 1 N–H and O–H groups in total. The minimum atomic E-state index is -3.87. The van der Waals surface area contributed by atoms with Gasteiger partial charge in [-0.2, -0.15) is 0 Å². The second-order valence-corrected chi connectivity index (χ2v) is 12.1. The van der Waals surface area contributed by atoms with Crippen molar-refractivity contribution in [3.63, 3.8) is 0 Å². The molecule has 1 fully saturated rings. The molecule has 0 spiro atoms. The maximum Gasteiger partial charge on any atom is 0.410 e. The predicted octanol–water partition coefficient (Wildman–Crippen LogP) is 4.09. The number of pyridine rings is 1. The van der Waals surface area contributed by atoms with E-state index >= 15 is 0 Å². The van der Waals surface area contributed by atoms with E-state index in [9.17, 15) is 13.2 Å². The largest absolute Gasteiger partial charge is 0.475 e. The lowest BCUT2D eigenvalue weighted by molar-refractivity contribution is 0.0140. The quantitative estimate of drug-likeness (QED) is 0.540. The van der Waals surface area contributed by atoms with Gasteiger partial charge in [-0.15, -0.1) is 0 Å². The van der Waals surface area contributed by atoms with Gasteiger partial charge in [0.25, 0.3) is 0 Å². The van der Waals surface area contributed by atoms with E-state index in [0.29, 0.717) is 43.6 Å². The predicted molar refractivity (Wildman–Crippen MR) is 139 cm³/mol. The molecule has 0 saturated carbocycles. The van der Waals surface area contributed by atoms with Crippen molar-refractivity contribution in [2.45, 2.75) is 57.3 Å². The zero-order valence-corrected chi connectivity index (χ0v) is 23.0. The smallest absolute Gasteiger partial charge is 0.410 e. The fourth-order valence-electron chi connectivity index (χ4n) is 3.70. The molecule has 1 amide bonds. The monoisotopic (exact) mass is 538 g/mol. The van der Waals surface area contributed by atoms with Crippen LogP contribution in [0.25, 0.3) is 0 Å². The first-order valence-corrected chi connectivity index (χ1v) is 13.8. The molecular weight excluding hydrogens is 504 g/mol. The average Bonchev–Trinajstić information content (AvgIpc) is 2.78. The number of nitrogens with one attached hydrogen (secondary N) is 1. The molecule has 3 rings (SSSR count). The van der Waals surface area contributed by atoms with Gasteiger partial charge in [0.05, 0.1) is 18.3 Å². The van der Waals surface area contributed by atoms with Gasteiger partial charge < -0.3 is 14.4 Å². The molecule has 1 unspecified atom stereocenters. The third-order valence-corrected chi connectivity index (χ3v) is 7.12. The van der Waals surface area contributed by atoms with Crippen LogP contribution in [0.15, 0.2) is 47.5 Å². The van der Waals surface area contributed by atoms with Gasteiger partial charge in [0, 0.05) is 43.8 Å². The topological polar surface area (TPSA) is 101 Å². The van der Waals surface area contributed by atoms with E-state index in [2.05, 4.69) is 14.6 Å². The van der Waals surface area contributed by atoms with Gasteiger partial charge in [-0.05, 0) is 58.4 Å². The Kier molecular flexibility index (Phi) is 9.21. The molecular formula is C25H35ClN4O5S. The first kappa shape index (κ1) is 28.2. The van der Waals surface area contributed by atoms with Crippen molar-refractivity contribution in [3.8, 4) is 5.88 Å². The number of ether oxygens (including phenoxy) is 2. The van der Waals surface area contributed by atoms with Crippen molar-refractivity contribution < 1.29 is 22.7 Å². The SMILES string of the molecule is CC(C)Oc1ccc(S(=O)(=O)NC(CN2CCN(C(=O)OC(C)(C)C)CC2)c2ccc(Cl)cc2)cn1. The highest BCUT2D eigenvalue weighted by atomic mass is 35.5. The number of nitrogens with zero attached hydrogens (tertiary/aromatic N) is 3. The number of carbonyl (C=O) groups is 1. The van der Waals surface area contributed by atoms with Crippen LogP contribution in [-0.4, -0.2) is 73.7 Å². The van der Waals surface area contributed by atoms with E-state index in [1.807, 2.05) is 46.8 Å². The Morgan fingerprint density at radius 1 is 1.08 bits per heavy atom.